The molecule has 1 aromatic carbocycles. The summed E-state index contributed by atoms with van der Waals surface area (Å²) in [6, 6.07) is 10.2. The number of benzene rings is 1. The molecule has 3 heteroatoms. The summed E-state index contributed by atoms with van der Waals surface area (Å²) >= 11 is 0. The minimum atomic E-state index is -1.20. The second-order valence-electron chi connectivity index (χ2n) is 4.78. The number of hydrogen-bond acceptors (Lipinski definition) is 3. The Balaban J connectivity index is 2.12. The molecule has 0 spiro atoms. The minimum Gasteiger partial charge on any atom is -0.376 e. The van der Waals surface area contributed by atoms with Crippen molar-refractivity contribution in [1.82, 2.24) is 0 Å². The average Bonchev–Trinajstić information content (AvgIpc) is 2.49. The Labute approximate surface area is 120 Å². The molecule has 0 atom stereocenters. The van der Waals surface area contributed by atoms with Crippen LogP contribution in [0.15, 0.2) is 54.6 Å². The summed E-state index contributed by atoms with van der Waals surface area (Å²) in [5.41, 5.74) is 0.00327. The number of ether oxygens (including phenoxy) is 2. The molecule has 0 saturated carbocycles. The maximum absolute atomic E-state index is 10.6. The molecule has 0 aliphatic heterocycles. The zero-order valence-corrected chi connectivity index (χ0v) is 12.0. The van der Waals surface area contributed by atoms with E-state index in [-0.39, 0.29) is 5.92 Å². The number of aliphatic hydroxyl groups is 1. The zero-order valence-electron chi connectivity index (χ0n) is 12.0. The van der Waals surface area contributed by atoms with Gasteiger partial charge in [-0.1, -0.05) is 42.5 Å². The van der Waals surface area contributed by atoms with Gasteiger partial charge >= 0.3 is 0 Å². The summed E-state index contributed by atoms with van der Waals surface area (Å²) in [4.78, 5) is 0. The third-order valence-electron chi connectivity index (χ3n) is 3.34. The standard InChI is InChI=1S/C17H22O3/c1-3-19-16(20-4-2)17(18)12-10-15(11-13-17)14-8-6-5-7-9-14/h5-13,15-16,18H,3-4H2,1-2H3. The zero-order chi connectivity index (χ0) is 14.4. The first kappa shape index (κ1) is 15.0. The van der Waals surface area contributed by atoms with Crippen LogP contribution in [0.2, 0.25) is 0 Å². The third-order valence-corrected chi connectivity index (χ3v) is 3.34. The lowest BCUT2D eigenvalue weighted by atomic mass is 9.88. The van der Waals surface area contributed by atoms with E-state index in [9.17, 15) is 5.11 Å². The fraction of sp³-hybridized carbons (Fsp3) is 0.412. The molecule has 0 bridgehead atoms. The fourth-order valence-electron chi connectivity index (χ4n) is 2.31. The summed E-state index contributed by atoms with van der Waals surface area (Å²) in [5.74, 6) is 0.181. The van der Waals surface area contributed by atoms with Crippen molar-refractivity contribution in [2.24, 2.45) is 0 Å². The monoisotopic (exact) mass is 274 g/mol. The van der Waals surface area contributed by atoms with Crippen molar-refractivity contribution >= 4 is 0 Å². The first-order valence-electron chi connectivity index (χ1n) is 7.09. The van der Waals surface area contributed by atoms with E-state index in [2.05, 4.69) is 12.1 Å². The molecule has 0 fully saturated rings. The van der Waals surface area contributed by atoms with Crippen molar-refractivity contribution in [3.05, 3.63) is 60.2 Å². The maximum Gasteiger partial charge on any atom is 0.193 e. The second kappa shape index (κ2) is 6.84. The van der Waals surface area contributed by atoms with Crippen LogP contribution in [0.5, 0.6) is 0 Å². The van der Waals surface area contributed by atoms with Crippen LogP contribution in [0.3, 0.4) is 0 Å². The Bertz CT molecular complexity index is 444. The molecule has 0 heterocycles. The van der Waals surface area contributed by atoms with Crippen LogP contribution in [0.4, 0.5) is 0 Å². The number of allylic oxidation sites excluding steroid dienone is 2. The highest BCUT2D eigenvalue weighted by molar-refractivity contribution is 5.35. The van der Waals surface area contributed by atoms with Crippen molar-refractivity contribution in [3.63, 3.8) is 0 Å². The molecule has 20 heavy (non-hydrogen) atoms. The van der Waals surface area contributed by atoms with Gasteiger partial charge in [0.2, 0.25) is 0 Å². The summed E-state index contributed by atoms with van der Waals surface area (Å²) in [6.07, 6.45) is 6.84. The molecule has 1 aliphatic carbocycles. The smallest absolute Gasteiger partial charge is 0.193 e. The molecule has 0 amide bonds. The molecule has 2 rings (SSSR count). The van der Waals surface area contributed by atoms with Gasteiger partial charge in [0, 0.05) is 19.1 Å². The van der Waals surface area contributed by atoms with Crippen molar-refractivity contribution in [3.8, 4) is 0 Å². The highest BCUT2D eigenvalue weighted by atomic mass is 16.7. The van der Waals surface area contributed by atoms with Crippen molar-refractivity contribution < 1.29 is 14.6 Å². The molecule has 0 aromatic heterocycles. The highest BCUT2D eigenvalue weighted by Gasteiger charge is 2.35. The van der Waals surface area contributed by atoms with Gasteiger partial charge in [-0.2, -0.15) is 0 Å². The van der Waals surface area contributed by atoms with E-state index in [1.165, 1.54) is 5.56 Å². The van der Waals surface area contributed by atoms with Crippen LogP contribution in [0, 0.1) is 0 Å². The Morgan fingerprint density at radius 2 is 1.60 bits per heavy atom. The first-order chi connectivity index (χ1) is 9.69. The number of hydrogen-bond donors (Lipinski definition) is 1. The largest absolute Gasteiger partial charge is 0.376 e. The predicted molar refractivity (Wildman–Crippen MR) is 79.5 cm³/mol. The molecular formula is C17H22O3. The van der Waals surface area contributed by atoms with Crippen LogP contribution in [0.1, 0.15) is 25.3 Å². The highest BCUT2D eigenvalue weighted by Crippen LogP contribution is 2.29. The van der Waals surface area contributed by atoms with Gasteiger partial charge in [-0.15, -0.1) is 0 Å². The second-order valence-corrected chi connectivity index (χ2v) is 4.78. The van der Waals surface area contributed by atoms with E-state index in [4.69, 9.17) is 9.47 Å². The average molecular weight is 274 g/mol. The Morgan fingerprint density at radius 3 is 2.10 bits per heavy atom. The fourth-order valence-corrected chi connectivity index (χ4v) is 2.31. The van der Waals surface area contributed by atoms with Crippen LogP contribution >= 0.6 is 0 Å². The van der Waals surface area contributed by atoms with Gasteiger partial charge in [0.1, 0.15) is 0 Å². The van der Waals surface area contributed by atoms with Crippen LogP contribution in [0.25, 0.3) is 0 Å². The van der Waals surface area contributed by atoms with E-state index in [0.29, 0.717) is 13.2 Å². The van der Waals surface area contributed by atoms with Crippen LogP contribution in [-0.4, -0.2) is 30.2 Å². The van der Waals surface area contributed by atoms with Crippen molar-refractivity contribution in [2.45, 2.75) is 31.7 Å². The Hall–Kier alpha value is -1.42. The molecule has 108 valence electrons. The minimum absolute atomic E-state index is 0.181. The molecule has 1 aliphatic rings. The molecule has 1 N–H and O–H groups in total. The summed E-state index contributed by atoms with van der Waals surface area (Å²) in [6.45, 7) is 4.77. The van der Waals surface area contributed by atoms with Gasteiger partial charge in [0.25, 0.3) is 0 Å². The molecule has 0 unspecified atom stereocenters. The van der Waals surface area contributed by atoms with Gasteiger partial charge in [-0.3, -0.25) is 0 Å². The lowest BCUT2D eigenvalue weighted by molar-refractivity contribution is -0.202. The molecule has 0 radical (unpaired) electrons. The molecule has 3 nitrogen and oxygen atoms in total. The molecule has 0 saturated heterocycles. The van der Waals surface area contributed by atoms with Crippen LogP contribution in [-0.2, 0) is 9.47 Å². The summed E-state index contributed by atoms with van der Waals surface area (Å²) in [5, 5.41) is 10.6. The van der Waals surface area contributed by atoms with Crippen molar-refractivity contribution in [1.29, 1.82) is 0 Å². The predicted octanol–water partition coefficient (Wildman–Crippen LogP) is 3.03. The molecule has 1 aromatic rings. The maximum atomic E-state index is 10.6. The van der Waals surface area contributed by atoms with E-state index < -0.39 is 11.9 Å². The Kier molecular flexibility index (Phi) is 5.12. The van der Waals surface area contributed by atoms with E-state index in [1.807, 2.05) is 44.2 Å². The lowest BCUT2D eigenvalue weighted by Gasteiger charge is -2.33. The van der Waals surface area contributed by atoms with Gasteiger partial charge < -0.3 is 14.6 Å². The Morgan fingerprint density at radius 1 is 1.05 bits per heavy atom. The van der Waals surface area contributed by atoms with Gasteiger partial charge in [0.05, 0.1) is 0 Å². The quantitative estimate of drug-likeness (QED) is 0.640. The van der Waals surface area contributed by atoms with E-state index >= 15 is 0 Å². The normalized spacial score (nSPS) is 25.3. The number of rotatable bonds is 6. The van der Waals surface area contributed by atoms with Gasteiger partial charge in [-0.25, -0.2) is 0 Å². The summed E-state index contributed by atoms with van der Waals surface area (Å²) in [7, 11) is 0. The van der Waals surface area contributed by atoms with Crippen molar-refractivity contribution in [2.75, 3.05) is 13.2 Å². The third kappa shape index (κ3) is 3.37. The van der Waals surface area contributed by atoms with Gasteiger partial charge in [0.15, 0.2) is 11.9 Å². The topological polar surface area (TPSA) is 38.7 Å². The first-order valence-corrected chi connectivity index (χ1v) is 7.09. The molecular weight excluding hydrogens is 252 g/mol. The SMILES string of the molecule is CCOC(OCC)C1(O)C=CC(c2ccccc2)C=C1. The van der Waals surface area contributed by atoms with Gasteiger partial charge in [-0.05, 0) is 31.6 Å². The summed E-state index contributed by atoms with van der Waals surface area (Å²) < 4.78 is 11.0. The van der Waals surface area contributed by atoms with Crippen LogP contribution < -0.4 is 0 Å². The lowest BCUT2D eigenvalue weighted by Crippen LogP contribution is -2.43. The van der Waals surface area contributed by atoms with E-state index in [0.717, 1.165) is 0 Å². The van der Waals surface area contributed by atoms with E-state index in [1.54, 1.807) is 12.2 Å².